The van der Waals surface area contributed by atoms with Crippen molar-refractivity contribution in [2.75, 3.05) is 13.6 Å². The van der Waals surface area contributed by atoms with Crippen molar-refractivity contribution in [1.29, 1.82) is 0 Å². The molecule has 18 heavy (non-hydrogen) atoms. The zero-order chi connectivity index (χ0) is 13.7. The number of benzene rings is 1. The van der Waals surface area contributed by atoms with Gasteiger partial charge in [-0.05, 0) is 30.0 Å². The molecule has 1 rings (SSSR count). The highest BCUT2D eigenvalue weighted by Crippen LogP contribution is 2.06. The van der Waals surface area contributed by atoms with Crippen molar-refractivity contribution < 1.29 is 9.18 Å². The van der Waals surface area contributed by atoms with Crippen molar-refractivity contribution in [3.8, 4) is 0 Å². The van der Waals surface area contributed by atoms with Crippen LogP contribution >= 0.6 is 0 Å². The number of nitrogens with two attached hydrogens (primary N) is 1. The van der Waals surface area contributed by atoms with Crippen molar-refractivity contribution in [1.82, 2.24) is 4.90 Å². The van der Waals surface area contributed by atoms with E-state index in [1.807, 2.05) is 13.8 Å². The molecule has 0 spiro atoms. The quantitative estimate of drug-likeness (QED) is 0.868. The molecule has 0 aliphatic rings. The standard InChI is InChI=1S/C14H21FN2O/c1-10(2)13(16)14(18)17(3)9-8-11-4-6-12(15)7-5-11/h4-7,10,13H,8-9,16H2,1-3H3/t13-/m0/s1. The molecule has 0 radical (unpaired) electrons. The Morgan fingerprint density at radius 1 is 1.33 bits per heavy atom. The Balaban J connectivity index is 2.48. The summed E-state index contributed by atoms with van der Waals surface area (Å²) in [5, 5.41) is 0. The molecule has 1 aromatic carbocycles. The number of carbonyl (C=O) groups is 1. The molecule has 2 N–H and O–H groups in total. The third-order valence-corrected chi connectivity index (χ3v) is 3.03. The Morgan fingerprint density at radius 3 is 2.39 bits per heavy atom. The highest BCUT2D eigenvalue weighted by molar-refractivity contribution is 5.81. The van der Waals surface area contributed by atoms with Crippen LogP contribution in [0.2, 0.25) is 0 Å². The van der Waals surface area contributed by atoms with Crippen LogP contribution in [0.5, 0.6) is 0 Å². The van der Waals surface area contributed by atoms with Crippen LogP contribution < -0.4 is 5.73 Å². The lowest BCUT2D eigenvalue weighted by atomic mass is 10.0. The van der Waals surface area contributed by atoms with Gasteiger partial charge in [-0.2, -0.15) is 0 Å². The lowest BCUT2D eigenvalue weighted by Crippen LogP contribution is -2.45. The number of hydrogen-bond donors (Lipinski definition) is 1. The van der Waals surface area contributed by atoms with E-state index in [1.165, 1.54) is 12.1 Å². The van der Waals surface area contributed by atoms with Crippen LogP contribution in [-0.2, 0) is 11.2 Å². The molecule has 0 fully saturated rings. The summed E-state index contributed by atoms with van der Waals surface area (Å²) in [6.07, 6.45) is 0.702. The van der Waals surface area contributed by atoms with Crippen LogP contribution in [-0.4, -0.2) is 30.4 Å². The molecule has 0 aliphatic heterocycles. The van der Waals surface area contributed by atoms with Crippen LogP contribution in [0.3, 0.4) is 0 Å². The van der Waals surface area contributed by atoms with Gasteiger partial charge in [-0.25, -0.2) is 4.39 Å². The fraction of sp³-hybridized carbons (Fsp3) is 0.500. The lowest BCUT2D eigenvalue weighted by molar-refractivity contribution is -0.132. The van der Waals surface area contributed by atoms with E-state index >= 15 is 0 Å². The van der Waals surface area contributed by atoms with E-state index < -0.39 is 6.04 Å². The topological polar surface area (TPSA) is 46.3 Å². The van der Waals surface area contributed by atoms with Crippen LogP contribution in [0.4, 0.5) is 4.39 Å². The molecule has 100 valence electrons. The average molecular weight is 252 g/mol. The number of amides is 1. The van der Waals surface area contributed by atoms with Gasteiger partial charge in [0.1, 0.15) is 5.82 Å². The van der Waals surface area contributed by atoms with E-state index in [9.17, 15) is 9.18 Å². The maximum Gasteiger partial charge on any atom is 0.239 e. The highest BCUT2D eigenvalue weighted by atomic mass is 19.1. The third-order valence-electron chi connectivity index (χ3n) is 3.03. The number of halogens is 1. The summed E-state index contributed by atoms with van der Waals surface area (Å²) in [4.78, 5) is 13.5. The molecule has 3 nitrogen and oxygen atoms in total. The van der Waals surface area contributed by atoms with E-state index in [1.54, 1.807) is 24.1 Å². The minimum absolute atomic E-state index is 0.0490. The molecule has 4 heteroatoms. The molecule has 1 amide bonds. The van der Waals surface area contributed by atoms with Crippen molar-refractivity contribution in [2.45, 2.75) is 26.3 Å². The number of rotatable bonds is 5. The Labute approximate surface area is 108 Å². The van der Waals surface area contributed by atoms with E-state index in [0.29, 0.717) is 13.0 Å². The minimum Gasteiger partial charge on any atom is -0.344 e. The van der Waals surface area contributed by atoms with E-state index in [0.717, 1.165) is 5.56 Å². The van der Waals surface area contributed by atoms with Gasteiger partial charge < -0.3 is 10.6 Å². The lowest BCUT2D eigenvalue weighted by Gasteiger charge is -2.23. The zero-order valence-electron chi connectivity index (χ0n) is 11.2. The normalized spacial score (nSPS) is 12.6. The van der Waals surface area contributed by atoms with Gasteiger partial charge >= 0.3 is 0 Å². The molecule has 0 heterocycles. The predicted molar refractivity (Wildman–Crippen MR) is 70.6 cm³/mol. The molecular weight excluding hydrogens is 231 g/mol. The van der Waals surface area contributed by atoms with Crippen molar-refractivity contribution in [2.24, 2.45) is 11.7 Å². The summed E-state index contributed by atoms with van der Waals surface area (Å²) in [5.74, 6) is -0.164. The second-order valence-corrected chi connectivity index (χ2v) is 4.91. The summed E-state index contributed by atoms with van der Waals surface area (Å²) in [5.41, 5.74) is 6.82. The molecule has 0 aliphatic carbocycles. The zero-order valence-corrected chi connectivity index (χ0v) is 11.2. The first-order valence-corrected chi connectivity index (χ1v) is 6.17. The Kier molecular flexibility index (Phi) is 5.28. The predicted octanol–water partition coefficient (Wildman–Crippen LogP) is 1.81. The van der Waals surface area contributed by atoms with Crippen molar-refractivity contribution in [3.63, 3.8) is 0 Å². The van der Waals surface area contributed by atoms with Crippen LogP contribution in [0, 0.1) is 11.7 Å². The summed E-state index contributed by atoms with van der Waals surface area (Å²) >= 11 is 0. The Hall–Kier alpha value is -1.42. The minimum atomic E-state index is -0.455. The van der Waals surface area contributed by atoms with E-state index in [4.69, 9.17) is 5.73 Å². The van der Waals surface area contributed by atoms with Gasteiger partial charge in [-0.1, -0.05) is 26.0 Å². The smallest absolute Gasteiger partial charge is 0.239 e. The second kappa shape index (κ2) is 6.50. The van der Waals surface area contributed by atoms with Gasteiger partial charge in [0.15, 0.2) is 0 Å². The van der Waals surface area contributed by atoms with Gasteiger partial charge in [-0.3, -0.25) is 4.79 Å². The average Bonchev–Trinajstić information content (AvgIpc) is 2.35. The second-order valence-electron chi connectivity index (χ2n) is 4.91. The highest BCUT2D eigenvalue weighted by Gasteiger charge is 2.20. The Bertz CT molecular complexity index is 389. The van der Waals surface area contributed by atoms with Crippen LogP contribution in [0.1, 0.15) is 19.4 Å². The number of likely N-dealkylation sites (N-methyl/N-ethyl adjacent to an activating group) is 1. The monoisotopic (exact) mass is 252 g/mol. The van der Waals surface area contributed by atoms with Gasteiger partial charge in [-0.15, -0.1) is 0 Å². The number of hydrogen-bond acceptors (Lipinski definition) is 2. The van der Waals surface area contributed by atoms with E-state index in [2.05, 4.69) is 0 Å². The van der Waals surface area contributed by atoms with Crippen LogP contribution in [0.25, 0.3) is 0 Å². The SMILES string of the molecule is CC(C)[C@H](N)C(=O)N(C)CCc1ccc(F)cc1. The maximum absolute atomic E-state index is 12.7. The number of carbonyl (C=O) groups excluding carboxylic acids is 1. The molecule has 0 aromatic heterocycles. The third kappa shape index (κ3) is 4.11. The molecule has 1 atom stereocenters. The van der Waals surface area contributed by atoms with Gasteiger partial charge in [0.05, 0.1) is 6.04 Å². The first-order valence-electron chi connectivity index (χ1n) is 6.17. The van der Waals surface area contributed by atoms with Gasteiger partial charge in [0.2, 0.25) is 5.91 Å². The summed E-state index contributed by atoms with van der Waals surface area (Å²) < 4.78 is 12.7. The largest absolute Gasteiger partial charge is 0.344 e. The first-order chi connectivity index (χ1) is 8.41. The Morgan fingerprint density at radius 2 is 1.89 bits per heavy atom. The molecule has 0 saturated carbocycles. The fourth-order valence-corrected chi connectivity index (χ4v) is 1.60. The fourth-order valence-electron chi connectivity index (χ4n) is 1.60. The van der Waals surface area contributed by atoms with Crippen LogP contribution in [0.15, 0.2) is 24.3 Å². The van der Waals surface area contributed by atoms with Crippen molar-refractivity contribution >= 4 is 5.91 Å². The maximum atomic E-state index is 12.7. The number of nitrogens with zero attached hydrogens (tertiary/aromatic N) is 1. The van der Waals surface area contributed by atoms with Gasteiger partial charge in [0.25, 0.3) is 0 Å². The molecular formula is C14H21FN2O. The van der Waals surface area contributed by atoms with E-state index in [-0.39, 0.29) is 17.6 Å². The summed E-state index contributed by atoms with van der Waals surface area (Å²) in [7, 11) is 1.74. The summed E-state index contributed by atoms with van der Waals surface area (Å²) in [6.45, 7) is 4.44. The molecule has 0 unspecified atom stereocenters. The summed E-state index contributed by atoms with van der Waals surface area (Å²) in [6, 6.07) is 5.86. The first kappa shape index (κ1) is 14.6. The van der Waals surface area contributed by atoms with Crippen molar-refractivity contribution in [3.05, 3.63) is 35.6 Å². The molecule has 1 aromatic rings. The molecule has 0 bridgehead atoms. The van der Waals surface area contributed by atoms with Gasteiger partial charge in [0, 0.05) is 13.6 Å². The molecule has 0 saturated heterocycles.